The molecule has 0 heterocycles. The lowest BCUT2D eigenvalue weighted by molar-refractivity contribution is -0.0763. The second-order valence-corrected chi connectivity index (χ2v) is 3.40. The summed E-state index contributed by atoms with van der Waals surface area (Å²) in [6.07, 6.45) is 2.88. The fourth-order valence-corrected chi connectivity index (χ4v) is 1.59. The zero-order valence-electron chi connectivity index (χ0n) is 7.05. The van der Waals surface area contributed by atoms with Gasteiger partial charge in [0, 0.05) is 6.54 Å². The van der Waals surface area contributed by atoms with Crippen LogP contribution in [0.5, 0.6) is 0 Å². The zero-order valence-corrected chi connectivity index (χ0v) is 7.05. The van der Waals surface area contributed by atoms with Crippen LogP contribution in [0.2, 0.25) is 0 Å². The first-order valence-corrected chi connectivity index (χ1v) is 4.21. The topological polar surface area (TPSA) is 55.5 Å². The average Bonchev–Trinajstić information content (AvgIpc) is 2.25. The van der Waals surface area contributed by atoms with E-state index in [0.717, 1.165) is 19.3 Å². The van der Waals surface area contributed by atoms with Gasteiger partial charge in [0.05, 0.1) is 18.3 Å². The van der Waals surface area contributed by atoms with Crippen molar-refractivity contribution >= 4 is 0 Å². The molecule has 3 heteroatoms. The number of rotatable bonds is 3. The highest BCUT2D eigenvalue weighted by atomic mass is 16.5. The summed E-state index contributed by atoms with van der Waals surface area (Å²) in [5.41, 5.74) is 4.67. The molecule has 2 unspecified atom stereocenters. The van der Waals surface area contributed by atoms with E-state index in [2.05, 4.69) is 0 Å². The molecule has 0 spiro atoms. The molecule has 0 aliphatic heterocycles. The highest BCUT2D eigenvalue weighted by Crippen LogP contribution is 2.31. The molecule has 1 aliphatic rings. The Morgan fingerprint density at radius 3 is 2.91 bits per heavy atom. The van der Waals surface area contributed by atoms with Crippen molar-refractivity contribution < 1.29 is 9.84 Å². The van der Waals surface area contributed by atoms with E-state index < -0.39 is 5.60 Å². The van der Waals surface area contributed by atoms with Crippen LogP contribution in [-0.4, -0.2) is 30.0 Å². The summed E-state index contributed by atoms with van der Waals surface area (Å²) in [7, 11) is 0. The van der Waals surface area contributed by atoms with Crippen LogP contribution in [0, 0.1) is 0 Å². The van der Waals surface area contributed by atoms with Crippen molar-refractivity contribution in [2.24, 2.45) is 5.73 Å². The molecule has 3 N–H and O–H groups in total. The largest absolute Gasteiger partial charge is 0.387 e. The maximum Gasteiger partial charge on any atom is 0.0880 e. The van der Waals surface area contributed by atoms with E-state index in [0.29, 0.717) is 13.2 Å². The quantitative estimate of drug-likeness (QED) is 0.621. The molecule has 1 fully saturated rings. The molecule has 0 aromatic carbocycles. The normalized spacial score (nSPS) is 37.9. The van der Waals surface area contributed by atoms with E-state index in [4.69, 9.17) is 10.5 Å². The lowest BCUT2D eigenvalue weighted by Gasteiger charge is -2.25. The Balaban J connectivity index is 2.32. The minimum atomic E-state index is -0.616. The summed E-state index contributed by atoms with van der Waals surface area (Å²) in [5.74, 6) is 0. The summed E-state index contributed by atoms with van der Waals surface area (Å²) < 4.78 is 5.39. The molecule has 0 bridgehead atoms. The van der Waals surface area contributed by atoms with E-state index in [1.165, 1.54) is 0 Å². The highest BCUT2D eigenvalue weighted by Gasteiger charge is 2.37. The third-order valence-corrected chi connectivity index (χ3v) is 2.28. The van der Waals surface area contributed by atoms with Gasteiger partial charge in [-0.25, -0.2) is 0 Å². The van der Waals surface area contributed by atoms with E-state index in [9.17, 15) is 5.11 Å². The van der Waals surface area contributed by atoms with Crippen LogP contribution in [0.25, 0.3) is 0 Å². The van der Waals surface area contributed by atoms with Gasteiger partial charge in [0.2, 0.25) is 0 Å². The Hall–Kier alpha value is -0.120. The van der Waals surface area contributed by atoms with Crippen LogP contribution < -0.4 is 5.73 Å². The van der Waals surface area contributed by atoms with Crippen molar-refractivity contribution in [3.8, 4) is 0 Å². The maximum absolute atomic E-state index is 9.72. The molecule has 66 valence electrons. The van der Waals surface area contributed by atoms with E-state index in [1.807, 2.05) is 6.92 Å². The first-order valence-electron chi connectivity index (χ1n) is 4.21. The molecule has 0 aromatic rings. The third kappa shape index (κ3) is 2.15. The minimum absolute atomic E-state index is 0.00560. The summed E-state index contributed by atoms with van der Waals surface area (Å²) in [4.78, 5) is 0. The van der Waals surface area contributed by atoms with Gasteiger partial charge >= 0.3 is 0 Å². The van der Waals surface area contributed by atoms with Gasteiger partial charge in [-0.3, -0.25) is 0 Å². The Kier molecular flexibility index (Phi) is 2.87. The first kappa shape index (κ1) is 8.97. The molecular formula is C8H17NO2. The summed E-state index contributed by atoms with van der Waals surface area (Å²) in [5, 5.41) is 9.72. The molecule has 0 radical (unpaired) electrons. The highest BCUT2D eigenvalue weighted by molar-refractivity contribution is 4.89. The molecule has 11 heavy (non-hydrogen) atoms. The lowest BCUT2D eigenvalue weighted by Crippen LogP contribution is -2.36. The molecule has 1 aliphatic carbocycles. The third-order valence-electron chi connectivity index (χ3n) is 2.28. The molecule has 0 amide bonds. The first-order chi connectivity index (χ1) is 5.17. The van der Waals surface area contributed by atoms with E-state index >= 15 is 0 Å². The van der Waals surface area contributed by atoms with Crippen molar-refractivity contribution in [1.29, 1.82) is 0 Å². The van der Waals surface area contributed by atoms with Gasteiger partial charge in [-0.15, -0.1) is 0 Å². The van der Waals surface area contributed by atoms with Crippen molar-refractivity contribution in [1.82, 2.24) is 0 Å². The number of nitrogens with two attached hydrogens (primary N) is 1. The second-order valence-electron chi connectivity index (χ2n) is 3.40. The van der Waals surface area contributed by atoms with Gasteiger partial charge in [-0.2, -0.15) is 0 Å². The predicted molar refractivity (Wildman–Crippen MR) is 43.3 cm³/mol. The minimum Gasteiger partial charge on any atom is -0.387 e. The van der Waals surface area contributed by atoms with Crippen LogP contribution in [0.4, 0.5) is 0 Å². The number of hydrogen-bond acceptors (Lipinski definition) is 3. The Morgan fingerprint density at radius 1 is 1.73 bits per heavy atom. The van der Waals surface area contributed by atoms with Gasteiger partial charge in [0.1, 0.15) is 0 Å². The summed E-state index contributed by atoms with van der Waals surface area (Å²) in [6.45, 7) is 2.93. The lowest BCUT2D eigenvalue weighted by atomic mass is 10.0. The molecular weight excluding hydrogens is 142 g/mol. The number of aliphatic hydroxyl groups is 1. The van der Waals surface area contributed by atoms with Crippen LogP contribution >= 0.6 is 0 Å². The van der Waals surface area contributed by atoms with Crippen molar-refractivity contribution in [2.45, 2.75) is 37.9 Å². The van der Waals surface area contributed by atoms with Gasteiger partial charge in [0.25, 0.3) is 0 Å². The van der Waals surface area contributed by atoms with Gasteiger partial charge in [-0.05, 0) is 26.2 Å². The summed E-state index contributed by atoms with van der Waals surface area (Å²) in [6, 6.07) is 0. The Morgan fingerprint density at radius 2 is 2.45 bits per heavy atom. The standard InChI is InChI=1S/C8H17NO2/c1-8(10)4-2-3-7(8)11-6-5-9/h7,10H,2-6,9H2,1H3. The zero-order chi connectivity index (χ0) is 8.32. The van der Waals surface area contributed by atoms with Crippen molar-refractivity contribution in [3.63, 3.8) is 0 Å². The molecule has 1 saturated carbocycles. The predicted octanol–water partition coefficient (Wildman–Crippen LogP) is 0.265. The van der Waals surface area contributed by atoms with Gasteiger partial charge in [-0.1, -0.05) is 0 Å². The fourth-order valence-electron chi connectivity index (χ4n) is 1.59. The van der Waals surface area contributed by atoms with Crippen LogP contribution in [0.3, 0.4) is 0 Å². The van der Waals surface area contributed by atoms with Gasteiger partial charge in [0.15, 0.2) is 0 Å². The Labute approximate surface area is 67.5 Å². The number of ether oxygens (including phenoxy) is 1. The summed E-state index contributed by atoms with van der Waals surface area (Å²) >= 11 is 0. The van der Waals surface area contributed by atoms with Crippen molar-refractivity contribution in [3.05, 3.63) is 0 Å². The Bertz CT molecular complexity index is 125. The van der Waals surface area contributed by atoms with Crippen LogP contribution in [0.15, 0.2) is 0 Å². The van der Waals surface area contributed by atoms with Crippen LogP contribution in [-0.2, 0) is 4.74 Å². The smallest absolute Gasteiger partial charge is 0.0880 e. The maximum atomic E-state index is 9.72. The van der Waals surface area contributed by atoms with Gasteiger partial charge < -0.3 is 15.6 Å². The molecule has 0 saturated heterocycles. The number of hydrogen-bond donors (Lipinski definition) is 2. The monoisotopic (exact) mass is 159 g/mol. The molecule has 0 aromatic heterocycles. The molecule has 3 nitrogen and oxygen atoms in total. The fraction of sp³-hybridized carbons (Fsp3) is 1.00. The average molecular weight is 159 g/mol. The second kappa shape index (κ2) is 3.52. The van der Waals surface area contributed by atoms with Crippen molar-refractivity contribution in [2.75, 3.05) is 13.2 Å². The molecule has 2 atom stereocenters. The SMILES string of the molecule is CC1(O)CCCC1OCCN. The van der Waals surface area contributed by atoms with Crippen LogP contribution in [0.1, 0.15) is 26.2 Å². The molecule has 1 rings (SSSR count). The van der Waals surface area contributed by atoms with E-state index in [1.54, 1.807) is 0 Å². The van der Waals surface area contributed by atoms with E-state index in [-0.39, 0.29) is 6.10 Å².